The van der Waals surface area contributed by atoms with Crippen LogP contribution in [-0.2, 0) is 0 Å². The van der Waals surface area contributed by atoms with Gasteiger partial charge in [0.05, 0.1) is 6.04 Å². The topological polar surface area (TPSA) is 65.6 Å². The molecular formula is C14H16N4O2. The Morgan fingerprint density at radius 1 is 1.20 bits per heavy atom. The van der Waals surface area contributed by atoms with Crippen LogP contribution in [0.25, 0.3) is 11.5 Å². The molecule has 4 heterocycles. The Morgan fingerprint density at radius 2 is 2.05 bits per heavy atom. The highest BCUT2D eigenvalue weighted by molar-refractivity contribution is 5.55. The normalized spacial score (nSPS) is 28.7. The second-order valence-electron chi connectivity index (χ2n) is 5.36. The van der Waals surface area contributed by atoms with Crippen molar-refractivity contribution in [2.24, 2.45) is 0 Å². The third-order valence-electron chi connectivity index (χ3n) is 4.11. The number of rotatable bonds is 2. The molecule has 6 heteroatoms. The molecule has 2 bridgehead atoms. The number of fused-ring (bicyclic) bond motifs is 3. The van der Waals surface area contributed by atoms with Gasteiger partial charge in [-0.15, -0.1) is 0 Å². The summed E-state index contributed by atoms with van der Waals surface area (Å²) in [6, 6.07) is 7.11. The number of nitrogens with zero attached hydrogens (tertiary/aromatic N) is 4. The molecule has 6 nitrogen and oxygen atoms in total. The van der Waals surface area contributed by atoms with E-state index in [0.717, 1.165) is 44.1 Å². The molecule has 0 saturated carbocycles. The molecule has 0 amide bonds. The van der Waals surface area contributed by atoms with Gasteiger partial charge in [-0.1, -0.05) is 11.2 Å². The first kappa shape index (κ1) is 11.9. The van der Waals surface area contributed by atoms with Crippen molar-refractivity contribution in [3.8, 4) is 17.2 Å². The van der Waals surface area contributed by atoms with Crippen molar-refractivity contribution in [2.75, 3.05) is 32.7 Å². The van der Waals surface area contributed by atoms with Gasteiger partial charge in [0.1, 0.15) is 5.75 Å². The first-order valence-corrected chi connectivity index (χ1v) is 6.89. The standard InChI is InChI=1S/C14H16N4O2/c19-11-3-1-2-10(8-11)14-15-13(16-20-14)12-9-17-4-6-18(12)7-5-17/h1-3,8,12,19H,4-7,9H2. The highest BCUT2D eigenvalue weighted by atomic mass is 16.5. The fourth-order valence-corrected chi connectivity index (χ4v) is 2.99. The number of phenols is 1. The van der Waals surface area contributed by atoms with Crippen LogP contribution in [-0.4, -0.2) is 57.8 Å². The summed E-state index contributed by atoms with van der Waals surface area (Å²) in [5.41, 5.74) is 0.750. The van der Waals surface area contributed by atoms with E-state index < -0.39 is 0 Å². The summed E-state index contributed by atoms with van der Waals surface area (Å²) in [6.45, 7) is 5.38. The maximum atomic E-state index is 9.51. The molecule has 3 aliphatic rings. The largest absolute Gasteiger partial charge is 0.508 e. The third kappa shape index (κ3) is 1.97. The van der Waals surface area contributed by atoms with Crippen LogP contribution >= 0.6 is 0 Å². The lowest BCUT2D eigenvalue weighted by Gasteiger charge is -2.46. The molecule has 0 radical (unpaired) electrons. The lowest BCUT2D eigenvalue weighted by Crippen LogP contribution is -2.57. The molecule has 5 rings (SSSR count). The van der Waals surface area contributed by atoms with Crippen molar-refractivity contribution < 1.29 is 9.63 Å². The highest BCUT2D eigenvalue weighted by Gasteiger charge is 2.35. The molecule has 0 aliphatic carbocycles. The zero-order valence-corrected chi connectivity index (χ0v) is 11.1. The Balaban J connectivity index is 1.62. The van der Waals surface area contributed by atoms with Gasteiger partial charge < -0.3 is 9.63 Å². The fraction of sp³-hybridized carbons (Fsp3) is 0.429. The van der Waals surface area contributed by atoms with Gasteiger partial charge in [0.2, 0.25) is 0 Å². The Bertz CT molecular complexity index is 619. The number of hydrogen-bond acceptors (Lipinski definition) is 6. The molecule has 3 aliphatic heterocycles. The van der Waals surface area contributed by atoms with Gasteiger partial charge in [0, 0.05) is 38.3 Å². The predicted octanol–water partition coefficient (Wildman–Crippen LogP) is 1.11. The lowest BCUT2D eigenvalue weighted by molar-refractivity contribution is 0.00781. The van der Waals surface area contributed by atoms with E-state index in [0.29, 0.717) is 5.89 Å². The fourth-order valence-electron chi connectivity index (χ4n) is 2.99. The average molecular weight is 272 g/mol. The van der Waals surface area contributed by atoms with Gasteiger partial charge in [0.25, 0.3) is 5.89 Å². The minimum Gasteiger partial charge on any atom is -0.508 e. The number of phenolic OH excluding ortho intramolecular Hbond substituents is 1. The zero-order valence-electron chi connectivity index (χ0n) is 11.1. The molecule has 0 spiro atoms. The van der Waals surface area contributed by atoms with Crippen molar-refractivity contribution >= 4 is 0 Å². The van der Waals surface area contributed by atoms with Crippen LogP contribution in [0, 0.1) is 0 Å². The number of hydrogen-bond donors (Lipinski definition) is 1. The molecule has 3 saturated heterocycles. The van der Waals surface area contributed by atoms with Gasteiger partial charge in [-0.25, -0.2) is 0 Å². The molecule has 104 valence electrons. The molecular weight excluding hydrogens is 256 g/mol. The van der Waals surface area contributed by atoms with Crippen LogP contribution in [0.5, 0.6) is 5.75 Å². The van der Waals surface area contributed by atoms with E-state index in [4.69, 9.17) is 4.52 Å². The summed E-state index contributed by atoms with van der Waals surface area (Å²) in [5.74, 6) is 1.41. The van der Waals surface area contributed by atoms with E-state index in [1.807, 2.05) is 6.07 Å². The van der Waals surface area contributed by atoms with E-state index >= 15 is 0 Å². The Hall–Kier alpha value is -1.92. The summed E-state index contributed by atoms with van der Waals surface area (Å²) in [5, 5.41) is 13.6. The first-order chi connectivity index (χ1) is 9.79. The van der Waals surface area contributed by atoms with E-state index in [9.17, 15) is 5.11 Å². The summed E-state index contributed by atoms with van der Waals surface area (Å²) in [6.07, 6.45) is 0. The zero-order chi connectivity index (χ0) is 13.5. The highest BCUT2D eigenvalue weighted by Crippen LogP contribution is 2.29. The molecule has 3 fully saturated rings. The van der Waals surface area contributed by atoms with Crippen LogP contribution in [0.3, 0.4) is 0 Å². The molecule has 1 aromatic carbocycles. The lowest BCUT2D eigenvalue weighted by atomic mass is 10.1. The summed E-state index contributed by atoms with van der Waals surface area (Å²) < 4.78 is 5.35. The Labute approximate surface area is 116 Å². The van der Waals surface area contributed by atoms with Crippen molar-refractivity contribution in [2.45, 2.75) is 6.04 Å². The van der Waals surface area contributed by atoms with Crippen LogP contribution in [0.4, 0.5) is 0 Å². The smallest absolute Gasteiger partial charge is 0.258 e. The maximum absolute atomic E-state index is 9.51. The molecule has 2 aromatic rings. The monoisotopic (exact) mass is 272 g/mol. The number of piperazine rings is 3. The second-order valence-corrected chi connectivity index (χ2v) is 5.36. The van der Waals surface area contributed by atoms with Gasteiger partial charge in [-0.05, 0) is 18.2 Å². The quantitative estimate of drug-likeness (QED) is 0.883. The van der Waals surface area contributed by atoms with Crippen LogP contribution < -0.4 is 0 Å². The Kier molecular flexibility index (Phi) is 2.71. The van der Waals surface area contributed by atoms with Crippen molar-refractivity contribution in [1.82, 2.24) is 19.9 Å². The maximum Gasteiger partial charge on any atom is 0.258 e. The first-order valence-electron chi connectivity index (χ1n) is 6.89. The van der Waals surface area contributed by atoms with Gasteiger partial charge >= 0.3 is 0 Å². The SMILES string of the molecule is Oc1cccc(-c2nc(C3CN4CCN3CC4)no2)c1. The summed E-state index contributed by atoms with van der Waals surface area (Å²) in [7, 11) is 0. The summed E-state index contributed by atoms with van der Waals surface area (Å²) in [4.78, 5) is 9.36. The van der Waals surface area contributed by atoms with Crippen molar-refractivity contribution in [1.29, 1.82) is 0 Å². The van der Waals surface area contributed by atoms with Gasteiger partial charge in [0.15, 0.2) is 5.82 Å². The Morgan fingerprint density at radius 3 is 2.75 bits per heavy atom. The van der Waals surface area contributed by atoms with Gasteiger partial charge in [-0.3, -0.25) is 9.80 Å². The second kappa shape index (κ2) is 4.57. The van der Waals surface area contributed by atoms with Gasteiger partial charge in [-0.2, -0.15) is 4.98 Å². The molecule has 1 atom stereocenters. The summed E-state index contributed by atoms with van der Waals surface area (Å²) >= 11 is 0. The van der Waals surface area contributed by atoms with Crippen LogP contribution in [0.1, 0.15) is 11.9 Å². The number of aromatic hydroxyl groups is 1. The van der Waals surface area contributed by atoms with E-state index in [1.54, 1.807) is 18.2 Å². The van der Waals surface area contributed by atoms with E-state index in [2.05, 4.69) is 19.9 Å². The van der Waals surface area contributed by atoms with Crippen molar-refractivity contribution in [3.63, 3.8) is 0 Å². The number of benzene rings is 1. The number of aromatic nitrogens is 2. The van der Waals surface area contributed by atoms with Crippen LogP contribution in [0.2, 0.25) is 0 Å². The molecule has 1 aromatic heterocycles. The van der Waals surface area contributed by atoms with Crippen LogP contribution in [0.15, 0.2) is 28.8 Å². The molecule has 1 unspecified atom stereocenters. The van der Waals surface area contributed by atoms with E-state index in [1.165, 1.54) is 0 Å². The average Bonchev–Trinajstić information content (AvgIpc) is 2.98. The van der Waals surface area contributed by atoms with E-state index in [-0.39, 0.29) is 11.8 Å². The molecule has 1 N–H and O–H groups in total. The molecule has 20 heavy (non-hydrogen) atoms. The predicted molar refractivity (Wildman–Crippen MR) is 72.2 cm³/mol. The minimum atomic E-state index is 0.203. The minimum absolute atomic E-state index is 0.203. The third-order valence-corrected chi connectivity index (χ3v) is 4.11. The van der Waals surface area contributed by atoms with Crippen molar-refractivity contribution in [3.05, 3.63) is 30.1 Å².